The summed E-state index contributed by atoms with van der Waals surface area (Å²) < 4.78 is 0. The summed E-state index contributed by atoms with van der Waals surface area (Å²) in [5, 5.41) is 0. The van der Waals surface area contributed by atoms with Gasteiger partial charge in [-0.25, -0.2) is 0 Å². The van der Waals surface area contributed by atoms with Gasteiger partial charge in [0.15, 0.2) is 0 Å². The maximum atomic E-state index is 2.54. The molecule has 1 fully saturated rings. The van der Waals surface area contributed by atoms with Crippen LogP contribution in [-0.2, 0) is 0 Å². The molecular formula is C8H18N2. The van der Waals surface area contributed by atoms with Gasteiger partial charge in [0.05, 0.1) is 0 Å². The third-order valence-corrected chi connectivity index (χ3v) is 2.06. The Hall–Kier alpha value is -0.0800. The summed E-state index contributed by atoms with van der Waals surface area (Å²) >= 11 is 0. The first-order valence-corrected chi connectivity index (χ1v) is 4.16. The van der Waals surface area contributed by atoms with Crippen LogP contribution in [0.2, 0.25) is 0 Å². The van der Waals surface area contributed by atoms with E-state index in [-0.39, 0.29) is 0 Å². The Bertz CT molecular complexity index is 85.3. The maximum Gasteiger partial charge on any atom is 0.0109 e. The highest BCUT2D eigenvalue weighted by Gasteiger charge is 2.10. The van der Waals surface area contributed by atoms with Crippen LogP contribution in [-0.4, -0.2) is 50.1 Å². The first-order chi connectivity index (χ1) is 4.79. The lowest BCUT2D eigenvalue weighted by molar-refractivity contribution is 0.284. The summed E-state index contributed by atoms with van der Waals surface area (Å²) in [5.74, 6) is 0. The topological polar surface area (TPSA) is 6.48 Å². The molecule has 0 unspecified atom stereocenters. The van der Waals surface area contributed by atoms with E-state index in [0.717, 1.165) is 0 Å². The second kappa shape index (κ2) is 3.94. The van der Waals surface area contributed by atoms with Crippen LogP contribution < -0.4 is 0 Å². The third kappa shape index (κ3) is 2.67. The summed E-state index contributed by atoms with van der Waals surface area (Å²) in [6, 6.07) is 0. The van der Waals surface area contributed by atoms with Crippen molar-refractivity contribution in [3.63, 3.8) is 0 Å². The lowest BCUT2D eigenvalue weighted by Crippen LogP contribution is -2.29. The monoisotopic (exact) mass is 142 g/mol. The maximum absolute atomic E-state index is 2.54. The largest absolute Gasteiger partial charge is 0.308 e. The minimum Gasteiger partial charge on any atom is -0.308 e. The fraction of sp³-hybridized carbons (Fsp3) is 1.00. The molecule has 1 heterocycles. The zero-order valence-electron chi connectivity index (χ0n) is 7.14. The average molecular weight is 142 g/mol. The minimum absolute atomic E-state index is 1.21. The first-order valence-electron chi connectivity index (χ1n) is 4.16. The molecule has 1 aliphatic rings. The predicted molar refractivity (Wildman–Crippen MR) is 44.2 cm³/mol. The first kappa shape index (κ1) is 8.02. The van der Waals surface area contributed by atoms with Gasteiger partial charge in [0.1, 0.15) is 0 Å². The standard InChI is InChI=1S/C8H18N2/c1-9(2)7-8-10-5-3-4-6-10/h3-8H2,1-2H3. The molecule has 0 aromatic heterocycles. The van der Waals surface area contributed by atoms with E-state index >= 15 is 0 Å². The Morgan fingerprint density at radius 2 is 1.80 bits per heavy atom. The number of nitrogens with zero attached hydrogens (tertiary/aromatic N) is 2. The van der Waals surface area contributed by atoms with E-state index < -0.39 is 0 Å². The van der Waals surface area contributed by atoms with E-state index in [2.05, 4.69) is 23.9 Å². The molecule has 1 aliphatic heterocycles. The summed E-state index contributed by atoms with van der Waals surface area (Å²) in [5.41, 5.74) is 0. The summed E-state index contributed by atoms with van der Waals surface area (Å²) in [7, 11) is 4.27. The SMILES string of the molecule is CN(C)CCN1CCCC1. The molecule has 2 heteroatoms. The molecule has 1 rings (SSSR count). The number of likely N-dealkylation sites (tertiary alicyclic amines) is 1. The van der Waals surface area contributed by atoms with Gasteiger partial charge in [-0.05, 0) is 40.0 Å². The molecule has 0 aromatic rings. The Morgan fingerprint density at radius 1 is 1.20 bits per heavy atom. The van der Waals surface area contributed by atoms with Gasteiger partial charge in [-0.15, -0.1) is 0 Å². The van der Waals surface area contributed by atoms with Crippen molar-refractivity contribution in [2.75, 3.05) is 40.3 Å². The fourth-order valence-corrected chi connectivity index (χ4v) is 1.35. The lowest BCUT2D eigenvalue weighted by Gasteiger charge is -2.17. The van der Waals surface area contributed by atoms with Crippen LogP contribution in [0.15, 0.2) is 0 Å². The number of rotatable bonds is 3. The van der Waals surface area contributed by atoms with Crippen molar-refractivity contribution in [2.45, 2.75) is 12.8 Å². The molecule has 0 spiro atoms. The highest BCUT2D eigenvalue weighted by molar-refractivity contribution is 4.66. The van der Waals surface area contributed by atoms with E-state index in [1.165, 1.54) is 39.0 Å². The van der Waals surface area contributed by atoms with E-state index in [9.17, 15) is 0 Å². The highest BCUT2D eigenvalue weighted by atomic mass is 15.2. The number of likely N-dealkylation sites (N-methyl/N-ethyl adjacent to an activating group) is 1. The smallest absolute Gasteiger partial charge is 0.0109 e. The molecule has 0 bridgehead atoms. The van der Waals surface area contributed by atoms with E-state index in [4.69, 9.17) is 0 Å². The molecule has 0 aliphatic carbocycles. The molecule has 2 nitrogen and oxygen atoms in total. The van der Waals surface area contributed by atoms with Crippen LogP contribution in [0.25, 0.3) is 0 Å². The molecule has 10 heavy (non-hydrogen) atoms. The molecular weight excluding hydrogens is 124 g/mol. The molecule has 1 saturated heterocycles. The van der Waals surface area contributed by atoms with Gasteiger partial charge >= 0.3 is 0 Å². The van der Waals surface area contributed by atoms with Crippen molar-refractivity contribution in [3.8, 4) is 0 Å². The molecule has 0 radical (unpaired) electrons. The second-order valence-electron chi connectivity index (χ2n) is 3.35. The minimum atomic E-state index is 1.21. The summed E-state index contributed by atoms with van der Waals surface area (Å²) in [6.45, 7) is 5.12. The molecule has 0 aromatic carbocycles. The average Bonchev–Trinajstić information content (AvgIpc) is 2.34. The Morgan fingerprint density at radius 3 is 2.30 bits per heavy atom. The van der Waals surface area contributed by atoms with Crippen LogP contribution in [0.1, 0.15) is 12.8 Å². The molecule has 0 saturated carbocycles. The van der Waals surface area contributed by atoms with Gasteiger partial charge in [0.25, 0.3) is 0 Å². The summed E-state index contributed by atoms with van der Waals surface area (Å²) in [6.07, 6.45) is 2.82. The molecule has 60 valence electrons. The van der Waals surface area contributed by atoms with Gasteiger partial charge in [-0.2, -0.15) is 0 Å². The highest BCUT2D eigenvalue weighted by Crippen LogP contribution is 2.05. The summed E-state index contributed by atoms with van der Waals surface area (Å²) in [4.78, 5) is 4.79. The number of hydrogen-bond acceptors (Lipinski definition) is 2. The van der Waals surface area contributed by atoms with E-state index in [1.54, 1.807) is 0 Å². The third-order valence-electron chi connectivity index (χ3n) is 2.06. The van der Waals surface area contributed by atoms with Crippen LogP contribution >= 0.6 is 0 Å². The van der Waals surface area contributed by atoms with Gasteiger partial charge in [-0.1, -0.05) is 0 Å². The van der Waals surface area contributed by atoms with Crippen molar-refractivity contribution < 1.29 is 0 Å². The number of hydrogen-bond donors (Lipinski definition) is 0. The van der Waals surface area contributed by atoms with Crippen molar-refractivity contribution >= 4 is 0 Å². The van der Waals surface area contributed by atoms with E-state index in [0.29, 0.717) is 0 Å². The quantitative estimate of drug-likeness (QED) is 0.570. The van der Waals surface area contributed by atoms with Gasteiger partial charge < -0.3 is 9.80 Å². The Kier molecular flexibility index (Phi) is 3.16. The Balaban J connectivity index is 2.01. The molecule has 0 atom stereocenters. The van der Waals surface area contributed by atoms with Gasteiger partial charge in [0.2, 0.25) is 0 Å². The van der Waals surface area contributed by atoms with Gasteiger partial charge in [-0.3, -0.25) is 0 Å². The van der Waals surface area contributed by atoms with Crippen molar-refractivity contribution in [3.05, 3.63) is 0 Å². The zero-order chi connectivity index (χ0) is 7.40. The predicted octanol–water partition coefficient (Wildman–Crippen LogP) is 0.644. The van der Waals surface area contributed by atoms with Crippen molar-refractivity contribution in [2.24, 2.45) is 0 Å². The molecule has 0 amide bonds. The normalized spacial score (nSPS) is 20.7. The van der Waals surface area contributed by atoms with Crippen LogP contribution in [0.3, 0.4) is 0 Å². The lowest BCUT2D eigenvalue weighted by atomic mass is 10.4. The van der Waals surface area contributed by atoms with Crippen molar-refractivity contribution in [1.82, 2.24) is 9.80 Å². The second-order valence-corrected chi connectivity index (χ2v) is 3.35. The van der Waals surface area contributed by atoms with Crippen LogP contribution in [0.5, 0.6) is 0 Å². The molecule has 0 N–H and O–H groups in total. The van der Waals surface area contributed by atoms with Gasteiger partial charge in [0, 0.05) is 13.1 Å². The fourth-order valence-electron chi connectivity index (χ4n) is 1.35. The van der Waals surface area contributed by atoms with Crippen molar-refractivity contribution in [1.29, 1.82) is 0 Å². The zero-order valence-corrected chi connectivity index (χ0v) is 7.14. The van der Waals surface area contributed by atoms with Crippen LogP contribution in [0, 0.1) is 0 Å². The Labute approximate surface area is 63.8 Å². The van der Waals surface area contributed by atoms with E-state index in [1.807, 2.05) is 0 Å². The van der Waals surface area contributed by atoms with Crippen LogP contribution in [0.4, 0.5) is 0 Å².